The molecule has 2 amide bonds. The van der Waals surface area contributed by atoms with Crippen LogP contribution in [0.4, 0.5) is 4.79 Å². The molecule has 1 saturated heterocycles. The molecule has 1 fully saturated rings. The molecular formula is C18H22BrN3O3S. The summed E-state index contributed by atoms with van der Waals surface area (Å²) in [4.78, 5) is 27.2. The van der Waals surface area contributed by atoms with Crippen LogP contribution in [0.15, 0.2) is 40.0 Å². The number of nitrogens with one attached hydrogen (secondary N) is 2. The van der Waals surface area contributed by atoms with Crippen LogP contribution in [0.5, 0.6) is 0 Å². The van der Waals surface area contributed by atoms with Gasteiger partial charge in [0, 0.05) is 41.3 Å². The van der Waals surface area contributed by atoms with E-state index in [0.717, 1.165) is 34.6 Å². The van der Waals surface area contributed by atoms with Gasteiger partial charge in [0.2, 0.25) is 0 Å². The van der Waals surface area contributed by atoms with E-state index < -0.39 is 12.0 Å². The van der Waals surface area contributed by atoms with E-state index in [1.165, 1.54) is 0 Å². The van der Waals surface area contributed by atoms with Crippen molar-refractivity contribution in [3.05, 3.63) is 45.6 Å². The second kappa shape index (κ2) is 8.92. The molecule has 1 aromatic rings. The van der Waals surface area contributed by atoms with Crippen LogP contribution in [-0.4, -0.2) is 54.6 Å². The number of thioether (sulfide) groups is 1. The number of urea groups is 1. The number of hydrogen-bond donors (Lipinski definition) is 2. The summed E-state index contributed by atoms with van der Waals surface area (Å²) in [6, 6.07) is 6.77. The molecule has 2 N–H and O–H groups in total. The predicted molar refractivity (Wildman–Crippen MR) is 106 cm³/mol. The molecule has 0 aromatic heterocycles. The molecule has 0 spiro atoms. The third-order valence-corrected chi connectivity index (χ3v) is 5.75. The van der Waals surface area contributed by atoms with Crippen molar-refractivity contribution < 1.29 is 14.3 Å². The van der Waals surface area contributed by atoms with E-state index in [-0.39, 0.29) is 12.6 Å². The van der Waals surface area contributed by atoms with Crippen molar-refractivity contribution >= 4 is 39.7 Å². The number of halogens is 1. The van der Waals surface area contributed by atoms with Gasteiger partial charge in [-0.2, -0.15) is 11.8 Å². The first-order valence-corrected chi connectivity index (χ1v) is 10.6. The maximum Gasteiger partial charge on any atom is 0.338 e. The number of benzene rings is 1. The number of nitrogens with zero attached hydrogens (tertiary/aromatic N) is 1. The molecule has 2 aliphatic rings. The minimum absolute atomic E-state index is 0.287. The Morgan fingerprint density at radius 1 is 1.38 bits per heavy atom. The Kier molecular flexibility index (Phi) is 6.61. The quantitative estimate of drug-likeness (QED) is 0.690. The summed E-state index contributed by atoms with van der Waals surface area (Å²) in [5.41, 5.74) is 1.94. The van der Waals surface area contributed by atoms with Crippen LogP contribution in [0.25, 0.3) is 0 Å². The molecule has 2 aliphatic heterocycles. The van der Waals surface area contributed by atoms with Gasteiger partial charge in [-0.05, 0) is 24.6 Å². The van der Waals surface area contributed by atoms with Crippen LogP contribution in [0.2, 0.25) is 0 Å². The third kappa shape index (κ3) is 4.61. The molecule has 1 aromatic carbocycles. The van der Waals surface area contributed by atoms with Gasteiger partial charge in [-0.1, -0.05) is 28.1 Å². The molecule has 1 unspecified atom stereocenters. The maximum atomic E-state index is 12.7. The lowest BCUT2D eigenvalue weighted by atomic mass is 9.95. The zero-order chi connectivity index (χ0) is 18.5. The highest BCUT2D eigenvalue weighted by atomic mass is 79.9. The van der Waals surface area contributed by atoms with E-state index in [1.807, 2.05) is 36.0 Å². The van der Waals surface area contributed by atoms with Crippen molar-refractivity contribution in [2.45, 2.75) is 13.0 Å². The zero-order valence-electron chi connectivity index (χ0n) is 14.6. The molecule has 0 radical (unpaired) electrons. The molecular weight excluding hydrogens is 418 g/mol. The lowest BCUT2D eigenvalue weighted by molar-refractivity contribution is -0.139. The number of esters is 1. The molecule has 1 atom stereocenters. The maximum absolute atomic E-state index is 12.7. The highest BCUT2D eigenvalue weighted by Gasteiger charge is 2.34. The van der Waals surface area contributed by atoms with Crippen molar-refractivity contribution in [3.8, 4) is 0 Å². The zero-order valence-corrected chi connectivity index (χ0v) is 17.0. The fourth-order valence-electron chi connectivity index (χ4n) is 3.11. The number of ether oxygens (including phenoxy) is 1. The van der Waals surface area contributed by atoms with Gasteiger partial charge in [-0.25, -0.2) is 9.59 Å². The molecule has 26 heavy (non-hydrogen) atoms. The summed E-state index contributed by atoms with van der Waals surface area (Å²) >= 11 is 5.38. The minimum Gasteiger partial charge on any atom is -0.463 e. The molecule has 0 saturated carbocycles. The van der Waals surface area contributed by atoms with Gasteiger partial charge in [0.15, 0.2) is 0 Å². The van der Waals surface area contributed by atoms with Gasteiger partial charge in [0.1, 0.15) is 0 Å². The lowest BCUT2D eigenvalue weighted by Gasteiger charge is -2.33. The average Bonchev–Trinajstić information content (AvgIpc) is 2.62. The van der Waals surface area contributed by atoms with E-state index in [2.05, 4.69) is 31.5 Å². The van der Waals surface area contributed by atoms with E-state index in [0.29, 0.717) is 17.8 Å². The van der Waals surface area contributed by atoms with Crippen LogP contribution in [0.3, 0.4) is 0 Å². The molecule has 0 aliphatic carbocycles. The fraction of sp³-hybridized carbons (Fsp3) is 0.444. The molecule has 3 rings (SSSR count). The van der Waals surface area contributed by atoms with Gasteiger partial charge in [0.05, 0.1) is 18.2 Å². The van der Waals surface area contributed by atoms with Gasteiger partial charge >= 0.3 is 12.0 Å². The minimum atomic E-state index is -0.533. The number of hydrogen-bond acceptors (Lipinski definition) is 5. The predicted octanol–water partition coefficient (Wildman–Crippen LogP) is 2.67. The summed E-state index contributed by atoms with van der Waals surface area (Å²) in [6.07, 6.45) is 0. The van der Waals surface area contributed by atoms with Crippen LogP contribution < -0.4 is 10.6 Å². The van der Waals surface area contributed by atoms with E-state index in [1.54, 1.807) is 6.92 Å². The highest BCUT2D eigenvalue weighted by Crippen LogP contribution is 2.30. The smallest absolute Gasteiger partial charge is 0.338 e. The van der Waals surface area contributed by atoms with Crippen LogP contribution in [0.1, 0.15) is 18.5 Å². The Labute approximate surface area is 165 Å². The standard InChI is InChI=1S/C18H22BrN3O3S/c1-2-25-17(23)15-14(11-22-6-8-26-9-7-22)20-18(24)21-16(15)12-4-3-5-13(19)10-12/h3-5,10,16H,2,6-9,11H2,1H3,(H2,20,21,24). The van der Waals surface area contributed by atoms with Crippen LogP contribution in [0, 0.1) is 0 Å². The monoisotopic (exact) mass is 439 g/mol. The average molecular weight is 440 g/mol. The highest BCUT2D eigenvalue weighted by molar-refractivity contribution is 9.10. The first-order valence-electron chi connectivity index (χ1n) is 8.61. The SMILES string of the molecule is CCOC(=O)C1=C(CN2CCSCC2)NC(=O)NC1c1cccc(Br)c1. The van der Waals surface area contributed by atoms with Gasteiger partial charge in [-0.15, -0.1) is 0 Å². The van der Waals surface area contributed by atoms with Crippen molar-refractivity contribution in [2.75, 3.05) is 37.7 Å². The second-order valence-electron chi connectivity index (χ2n) is 6.09. The third-order valence-electron chi connectivity index (χ3n) is 4.32. The summed E-state index contributed by atoms with van der Waals surface area (Å²) in [6.45, 7) is 4.48. The van der Waals surface area contributed by atoms with Crippen molar-refractivity contribution in [1.82, 2.24) is 15.5 Å². The van der Waals surface area contributed by atoms with Gasteiger partial charge < -0.3 is 15.4 Å². The largest absolute Gasteiger partial charge is 0.463 e. The molecule has 6 nitrogen and oxygen atoms in total. The van der Waals surface area contributed by atoms with Crippen molar-refractivity contribution in [3.63, 3.8) is 0 Å². The van der Waals surface area contributed by atoms with Gasteiger partial charge in [-0.3, -0.25) is 4.90 Å². The molecule has 8 heteroatoms. The molecule has 0 bridgehead atoms. The normalized spacial score (nSPS) is 21.2. The number of carbonyl (C=O) groups is 2. The lowest BCUT2D eigenvalue weighted by Crippen LogP contribution is -2.49. The Morgan fingerprint density at radius 3 is 2.85 bits per heavy atom. The Morgan fingerprint density at radius 2 is 2.15 bits per heavy atom. The number of rotatable bonds is 5. The summed E-state index contributed by atoms with van der Waals surface area (Å²) in [5, 5.41) is 5.70. The summed E-state index contributed by atoms with van der Waals surface area (Å²) in [5.74, 6) is 1.72. The van der Waals surface area contributed by atoms with E-state index >= 15 is 0 Å². The van der Waals surface area contributed by atoms with Crippen LogP contribution >= 0.6 is 27.7 Å². The van der Waals surface area contributed by atoms with Crippen molar-refractivity contribution in [2.24, 2.45) is 0 Å². The Balaban J connectivity index is 1.98. The topological polar surface area (TPSA) is 70.7 Å². The van der Waals surface area contributed by atoms with Crippen molar-refractivity contribution in [1.29, 1.82) is 0 Å². The molecule has 140 valence electrons. The fourth-order valence-corrected chi connectivity index (χ4v) is 4.51. The number of carbonyl (C=O) groups excluding carboxylic acids is 2. The first kappa shape index (κ1) is 19.3. The first-order chi connectivity index (χ1) is 12.6. The van der Waals surface area contributed by atoms with E-state index in [4.69, 9.17) is 4.74 Å². The van der Waals surface area contributed by atoms with E-state index in [9.17, 15) is 9.59 Å². The second-order valence-corrected chi connectivity index (χ2v) is 8.23. The van der Waals surface area contributed by atoms with Crippen LogP contribution in [-0.2, 0) is 9.53 Å². The Bertz CT molecular complexity index is 719. The number of amides is 2. The Hall–Kier alpha value is -1.51. The summed E-state index contributed by atoms with van der Waals surface area (Å²) < 4.78 is 6.18. The molecule has 2 heterocycles. The van der Waals surface area contributed by atoms with Gasteiger partial charge in [0.25, 0.3) is 0 Å². The summed E-state index contributed by atoms with van der Waals surface area (Å²) in [7, 11) is 0.